The smallest absolute Gasteiger partial charge is 0.353 e. The third-order valence-corrected chi connectivity index (χ3v) is 4.12. The summed E-state index contributed by atoms with van der Waals surface area (Å²) in [4.78, 5) is 35.3. The second-order valence-corrected chi connectivity index (χ2v) is 6.47. The number of halogens is 1. The number of hydrogen-bond acceptors (Lipinski definition) is 9. The molecule has 3 aromatic rings. The molecule has 2 N–H and O–H groups in total. The Balaban J connectivity index is 1.98. The highest BCUT2D eigenvalue weighted by molar-refractivity contribution is 9.10. The number of para-hydroxylation sites is 1. The van der Waals surface area contributed by atoms with E-state index < -0.39 is 16.6 Å². The number of hydrogen-bond donors (Lipinski definition) is 2. The van der Waals surface area contributed by atoms with Crippen LogP contribution in [0.5, 0.6) is 0 Å². The summed E-state index contributed by atoms with van der Waals surface area (Å²) in [6, 6.07) is 9.87. The van der Waals surface area contributed by atoms with Crippen LogP contribution in [0.1, 0.15) is 17.3 Å². The van der Waals surface area contributed by atoms with Crippen molar-refractivity contribution in [3.63, 3.8) is 0 Å². The Morgan fingerprint density at radius 1 is 1.14 bits per heavy atom. The molecular formula is C18H15BrN6O4. The molecule has 0 spiro atoms. The molecule has 0 saturated carbocycles. The summed E-state index contributed by atoms with van der Waals surface area (Å²) < 4.78 is 5.79. The van der Waals surface area contributed by atoms with Crippen LogP contribution in [0.15, 0.2) is 53.4 Å². The van der Waals surface area contributed by atoms with Gasteiger partial charge in [-0.1, -0.05) is 12.1 Å². The maximum Gasteiger partial charge on any atom is 0.353 e. The van der Waals surface area contributed by atoms with Gasteiger partial charge in [0.1, 0.15) is 12.1 Å². The van der Waals surface area contributed by atoms with E-state index in [1.54, 1.807) is 49.5 Å². The number of benzene rings is 1. The van der Waals surface area contributed by atoms with Crippen LogP contribution in [0.2, 0.25) is 0 Å². The zero-order valence-electron chi connectivity index (χ0n) is 15.1. The van der Waals surface area contributed by atoms with Gasteiger partial charge in [-0.05, 0) is 47.1 Å². The van der Waals surface area contributed by atoms with E-state index in [-0.39, 0.29) is 23.8 Å². The highest BCUT2D eigenvalue weighted by Crippen LogP contribution is 2.33. The molecule has 2 heterocycles. The molecule has 0 aliphatic carbocycles. The van der Waals surface area contributed by atoms with Crippen LogP contribution in [-0.2, 0) is 4.74 Å². The van der Waals surface area contributed by atoms with E-state index in [1.165, 1.54) is 6.33 Å². The molecule has 0 atom stereocenters. The molecule has 148 valence electrons. The quantitative estimate of drug-likeness (QED) is 0.303. The van der Waals surface area contributed by atoms with Gasteiger partial charge in [0.05, 0.1) is 22.8 Å². The minimum absolute atomic E-state index is 0.0454. The number of pyridine rings is 1. The highest BCUT2D eigenvalue weighted by Gasteiger charge is 2.25. The summed E-state index contributed by atoms with van der Waals surface area (Å²) in [5.74, 6) is -0.310. The number of aromatic nitrogens is 3. The summed E-state index contributed by atoms with van der Waals surface area (Å²) in [5.41, 5.74) is 0.155. The fourth-order valence-electron chi connectivity index (χ4n) is 2.41. The number of esters is 1. The first-order valence-corrected chi connectivity index (χ1v) is 9.20. The number of nitro groups is 1. The van der Waals surface area contributed by atoms with Gasteiger partial charge in [0.15, 0.2) is 0 Å². The van der Waals surface area contributed by atoms with Crippen LogP contribution in [0.3, 0.4) is 0 Å². The van der Waals surface area contributed by atoms with Crippen molar-refractivity contribution in [2.45, 2.75) is 6.92 Å². The summed E-state index contributed by atoms with van der Waals surface area (Å²) in [6.45, 7) is 1.90. The predicted molar refractivity (Wildman–Crippen MR) is 110 cm³/mol. The van der Waals surface area contributed by atoms with Gasteiger partial charge < -0.3 is 15.4 Å². The first kappa shape index (κ1) is 20.1. The second kappa shape index (κ2) is 9.06. The lowest BCUT2D eigenvalue weighted by atomic mass is 10.2. The van der Waals surface area contributed by atoms with Crippen LogP contribution >= 0.6 is 15.9 Å². The summed E-state index contributed by atoms with van der Waals surface area (Å²) >= 11 is 3.27. The SMILES string of the molecule is CCOC(=O)c1ccccc1Nc1ncnc(Nc2ccc(Br)cn2)c1[N+](=O)[O-]. The van der Waals surface area contributed by atoms with Crippen molar-refractivity contribution in [3.8, 4) is 0 Å². The molecule has 11 heteroatoms. The predicted octanol–water partition coefficient (Wildman–Crippen LogP) is 4.21. The number of carbonyl (C=O) groups excluding carboxylic acids is 1. The topological polar surface area (TPSA) is 132 Å². The van der Waals surface area contributed by atoms with Crippen molar-refractivity contribution < 1.29 is 14.5 Å². The van der Waals surface area contributed by atoms with Gasteiger partial charge >= 0.3 is 11.7 Å². The van der Waals surface area contributed by atoms with Gasteiger partial charge in [-0.25, -0.2) is 19.7 Å². The average Bonchev–Trinajstić information content (AvgIpc) is 2.70. The molecule has 0 aliphatic heterocycles. The van der Waals surface area contributed by atoms with Crippen LogP contribution in [0.4, 0.5) is 28.8 Å². The highest BCUT2D eigenvalue weighted by atomic mass is 79.9. The van der Waals surface area contributed by atoms with Crippen LogP contribution in [0, 0.1) is 10.1 Å². The Labute approximate surface area is 173 Å². The lowest BCUT2D eigenvalue weighted by Gasteiger charge is -2.12. The van der Waals surface area contributed by atoms with Gasteiger partial charge in [-0.15, -0.1) is 0 Å². The van der Waals surface area contributed by atoms with E-state index >= 15 is 0 Å². The number of nitrogens with zero attached hydrogens (tertiary/aromatic N) is 4. The Hall–Kier alpha value is -3.60. The normalized spacial score (nSPS) is 10.3. The zero-order chi connectivity index (χ0) is 20.8. The average molecular weight is 459 g/mol. The maximum atomic E-state index is 12.2. The monoisotopic (exact) mass is 458 g/mol. The lowest BCUT2D eigenvalue weighted by molar-refractivity contribution is -0.383. The number of nitrogens with one attached hydrogen (secondary N) is 2. The summed E-state index contributed by atoms with van der Waals surface area (Å²) in [5, 5.41) is 17.4. The zero-order valence-corrected chi connectivity index (χ0v) is 16.7. The molecule has 0 saturated heterocycles. The maximum absolute atomic E-state index is 12.2. The molecule has 3 rings (SSSR count). The van der Waals surface area contributed by atoms with Gasteiger partial charge in [0.25, 0.3) is 0 Å². The van der Waals surface area contributed by atoms with Gasteiger partial charge in [0, 0.05) is 10.7 Å². The Morgan fingerprint density at radius 2 is 1.86 bits per heavy atom. The molecule has 0 aliphatic rings. The second-order valence-electron chi connectivity index (χ2n) is 5.55. The third-order valence-electron chi connectivity index (χ3n) is 3.65. The number of carbonyl (C=O) groups is 1. The van der Waals surface area contributed by atoms with Crippen LogP contribution in [0.25, 0.3) is 0 Å². The molecule has 0 radical (unpaired) electrons. The minimum Gasteiger partial charge on any atom is -0.462 e. The van der Waals surface area contributed by atoms with E-state index in [2.05, 4.69) is 41.5 Å². The first-order chi connectivity index (χ1) is 14.0. The van der Waals surface area contributed by atoms with E-state index in [1.807, 2.05) is 0 Å². The van der Waals surface area contributed by atoms with Crippen LogP contribution in [-0.4, -0.2) is 32.5 Å². The largest absolute Gasteiger partial charge is 0.462 e. The van der Waals surface area contributed by atoms with E-state index in [0.717, 1.165) is 4.47 Å². The molecule has 1 aromatic carbocycles. The Bertz CT molecular complexity index is 1040. The van der Waals surface area contributed by atoms with E-state index in [4.69, 9.17) is 4.74 Å². The molecule has 0 unspecified atom stereocenters. The van der Waals surface area contributed by atoms with Crippen molar-refractivity contribution in [2.24, 2.45) is 0 Å². The van der Waals surface area contributed by atoms with Crippen LogP contribution < -0.4 is 10.6 Å². The van der Waals surface area contributed by atoms with Gasteiger partial charge in [-0.2, -0.15) is 0 Å². The van der Waals surface area contributed by atoms with E-state index in [0.29, 0.717) is 11.5 Å². The molecular weight excluding hydrogens is 444 g/mol. The van der Waals surface area contributed by atoms with Gasteiger partial charge in [-0.3, -0.25) is 10.1 Å². The summed E-state index contributed by atoms with van der Waals surface area (Å²) in [7, 11) is 0. The van der Waals surface area contributed by atoms with Crippen molar-refractivity contribution >= 4 is 50.7 Å². The van der Waals surface area contributed by atoms with Gasteiger partial charge in [0.2, 0.25) is 11.6 Å². The lowest BCUT2D eigenvalue weighted by Crippen LogP contribution is -2.10. The Kier molecular flexibility index (Phi) is 6.29. The molecule has 2 aromatic heterocycles. The number of rotatable bonds is 7. The fourth-order valence-corrected chi connectivity index (χ4v) is 2.65. The molecule has 10 nitrogen and oxygen atoms in total. The van der Waals surface area contributed by atoms with Crippen molar-refractivity contribution in [1.29, 1.82) is 0 Å². The third kappa shape index (κ3) is 4.82. The van der Waals surface area contributed by atoms with Crippen molar-refractivity contribution in [2.75, 3.05) is 17.2 Å². The van der Waals surface area contributed by atoms with Crippen molar-refractivity contribution in [1.82, 2.24) is 15.0 Å². The molecule has 0 amide bonds. The van der Waals surface area contributed by atoms with E-state index in [9.17, 15) is 14.9 Å². The molecule has 0 fully saturated rings. The Morgan fingerprint density at radius 3 is 2.52 bits per heavy atom. The number of ether oxygens (including phenoxy) is 1. The molecule has 0 bridgehead atoms. The van der Waals surface area contributed by atoms with Crippen molar-refractivity contribution in [3.05, 3.63) is 69.1 Å². The number of anilines is 4. The first-order valence-electron chi connectivity index (χ1n) is 8.40. The standard InChI is InChI=1S/C18H15BrN6O4/c1-2-29-18(26)12-5-3-4-6-13(12)23-16-15(25(27)28)17(22-10-21-16)24-14-8-7-11(19)9-20-14/h3-10H,2H2,1H3,(H2,20,21,22,23,24). The minimum atomic E-state index is -0.615. The molecule has 29 heavy (non-hydrogen) atoms. The summed E-state index contributed by atoms with van der Waals surface area (Å²) in [6.07, 6.45) is 2.72. The fraction of sp³-hybridized carbons (Fsp3) is 0.111.